The summed E-state index contributed by atoms with van der Waals surface area (Å²) in [5, 5.41) is 11.3. The molecule has 0 saturated carbocycles. The molecule has 1 aromatic carbocycles. The molecule has 5 heteroatoms. The number of hydrogen-bond acceptors (Lipinski definition) is 2. The van der Waals surface area contributed by atoms with Crippen molar-refractivity contribution in [3.63, 3.8) is 0 Å². The highest BCUT2D eigenvalue weighted by Gasteiger charge is 2.14. The molecule has 0 aromatic heterocycles. The van der Waals surface area contributed by atoms with Crippen molar-refractivity contribution < 1.29 is 19.1 Å². The predicted octanol–water partition coefficient (Wildman–Crippen LogP) is 3.53. The van der Waals surface area contributed by atoms with E-state index in [-0.39, 0.29) is 29.5 Å². The van der Waals surface area contributed by atoms with Crippen molar-refractivity contribution in [1.82, 2.24) is 0 Å². The van der Waals surface area contributed by atoms with E-state index in [0.717, 1.165) is 24.6 Å². The lowest BCUT2D eigenvalue weighted by Crippen LogP contribution is -2.17. The smallest absolute Gasteiger partial charge is 0.335 e. The molecule has 0 spiro atoms. The van der Waals surface area contributed by atoms with Gasteiger partial charge < -0.3 is 10.4 Å². The maximum absolute atomic E-state index is 13.5. The van der Waals surface area contributed by atoms with E-state index in [9.17, 15) is 14.0 Å². The number of carboxylic acid groups (broad SMARTS) is 1. The van der Waals surface area contributed by atoms with Crippen LogP contribution in [0.15, 0.2) is 18.2 Å². The Bertz CT molecular complexity index is 500. The Morgan fingerprint density at radius 1 is 1.30 bits per heavy atom. The van der Waals surface area contributed by atoms with Crippen LogP contribution in [0.4, 0.5) is 10.1 Å². The first-order chi connectivity index (χ1) is 9.29. The largest absolute Gasteiger partial charge is 0.478 e. The molecule has 2 N–H and O–H groups in total. The van der Waals surface area contributed by atoms with Crippen LogP contribution < -0.4 is 5.32 Å². The van der Waals surface area contributed by atoms with Gasteiger partial charge in [-0.15, -0.1) is 0 Å². The molecular weight excluding hydrogens is 261 g/mol. The number of nitrogens with one attached hydrogen (secondary N) is 1. The monoisotopic (exact) mass is 281 g/mol. The van der Waals surface area contributed by atoms with E-state index in [1.807, 2.05) is 6.92 Å². The number of carboxylic acids is 1. The summed E-state index contributed by atoms with van der Waals surface area (Å²) in [4.78, 5) is 22.6. The Morgan fingerprint density at radius 3 is 2.50 bits per heavy atom. The van der Waals surface area contributed by atoms with Crippen LogP contribution in [0.25, 0.3) is 0 Å². The first-order valence-corrected chi connectivity index (χ1v) is 6.62. The van der Waals surface area contributed by atoms with E-state index in [0.29, 0.717) is 5.92 Å². The number of amides is 1. The fourth-order valence-corrected chi connectivity index (χ4v) is 2.16. The summed E-state index contributed by atoms with van der Waals surface area (Å²) in [6, 6.07) is 3.33. The second-order valence-corrected chi connectivity index (χ2v) is 5.49. The Morgan fingerprint density at radius 2 is 1.95 bits per heavy atom. The van der Waals surface area contributed by atoms with E-state index in [4.69, 9.17) is 5.11 Å². The third-order valence-electron chi connectivity index (χ3n) is 2.90. The van der Waals surface area contributed by atoms with Gasteiger partial charge in [0.25, 0.3) is 0 Å². The van der Waals surface area contributed by atoms with Crippen LogP contribution in [0.2, 0.25) is 0 Å². The van der Waals surface area contributed by atoms with Gasteiger partial charge in [0.05, 0.1) is 11.3 Å². The molecule has 0 aliphatic heterocycles. The highest BCUT2D eigenvalue weighted by Crippen LogP contribution is 2.19. The van der Waals surface area contributed by atoms with Crippen molar-refractivity contribution >= 4 is 17.6 Å². The number of benzene rings is 1. The molecular formula is C15H20FNO3. The van der Waals surface area contributed by atoms with E-state index >= 15 is 0 Å². The van der Waals surface area contributed by atoms with Crippen molar-refractivity contribution in [2.75, 3.05) is 5.32 Å². The van der Waals surface area contributed by atoms with Crippen molar-refractivity contribution in [2.24, 2.45) is 11.8 Å². The molecule has 1 amide bonds. The van der Waals surface area contributed by atoms with E-state index < -0.39 is 11.8 Å². The maximum atomic E-state index is 13.5. The zero-order valence-corrected chi connectivity index (χ0v) is 11.9. The molecule has 110 valence electrons. The molecule has 0 aliphatic rings. The Kier molecular flexibility index (Phi) is 5.67. The molecule has 0 aliphatic carbocycles. The van der Waals surface area contributed by atoms with Gasteiger partial charge in [0.2, 0.25) is 5.91 Å². The number of carbonyl (C=O) groups is 2. The van der Waals surface area contributed by atoms with Crippen molar-refractivity contribution in [1.29, 1.82) is 0 Å². The summed E-state index contributed by atoms with van der Waals surface area (Å²) in [6.45, 7) is 6.11. The Labute approximate surface area is 118 Å². The minimum atomic E-state index is -1.16. The fraction of sp³-hybridized carbons (Fsp3) is 0.467. The van der Waals surface area contributed by atoms with Crippen molar-refractivity contribution in [3.05, 3.63) is 29.6 Å². The normalized spacial score (nSPS) is 12.2. The number of hydrogen-bond donors (Lipinski definition) is 2. The van der Waals surface area contributed by atoms with E-state index in [1.165, 1.54) is 0 Å². The van der Waals surface area contributed by atoms with Crippen LogP contribution in [-0.4, -0.2) is 17.0 Å². The predicted molar refractivity (Wildman–Crippen MR) is 75.2 cm³/mol. The van der Waals surface area contributed by atoms with Gasteiger partial charge in [0, 0.05) is 6.42 Å². The van der Waals surface area contributed by atoms with Crippen LogP contribution in [0.5, 0.6) is 0 Å². The number of rotatable bonds is 6. The zero-order valence-electron chi connectivity index (χ0n) is 11.9. The van der Waals surface area contributed by atoms with Gasteiger partial charge in [0.1, 0.15) is 5.82 Å². The molecule has 0 bridgehead atoms. The maximum Gasteiger partial charge on any atom is 0.335 e. The molecule has 0 heterocycles. The quantitative estimate of drug-likeness (QED) is 0.838. The van der Waals surface area contributed by atoms with Gasteiger partial charge >= 0.3 is 5.97 Å². The lowest BCUT2D eigenvalue weighted by atomic mass is 9.96. The van der Waals surface area contributed by atoms with Gasteiger partial charge in [-0.3, -0.25) is 4.79 Å². The highest BCUT2D eigenvalue weighted by atomic mass is 19.1. The first kappa shape index (κ1) is 16.1. The molecule has 1 unspecified atom stereocenters. The lowest BCUT2D eigenvalue weighted by Gasteiger charge is -2.14. The molecule has 0 radical (unpaired) electrons. The van der Waals surface area contributed by atoms with Gasteiger partial charge in [-0.2, -0.15) is 0 Å². The molecule has 1 rings (SSSR count). The molecule has 1 aromatic rings. The van der Waals surface area contributed by atoms with Gasteiger partial charge in [0.15, 0.2) is 0 Å². The summed E-state index contributed by atoms with van der Waals surface area (Å²) in [5.41, 5.74) is -0.149. The Hall–Kier alpha value is -1.91. The molecule has 20 heavy (non-hydrogen) atoms. The number of carbonyl (C=O) groups excluding carboxylic acids is 1. The number of halogens is 1. The summed E-state index contributed by atoms with van der Waals surface area (Å²) in [5.74, 6) is -1.42. The molecule has 0 fully saturated rings. The second kappa shape index (κ2) is 7.03. The van der Waals surface area contributed by atoms with Gasteiger partial charge in [-0.25, -0.2) is 9.18 Å². The third-order valence-corrected chi connectivity index (χ3v) is 2.90. The first-order valence-electron chi connectivity index (χ1n) is 6.62. The molecule has 4 nitrogen and oxygen atoms in total. The summed E-state index contributed by atoms with van der Waals surface area (Å²) in [7, 11) is 0. The zero-order chi connectivity index (χ0) is 15.3. The third kappa shape index (κ3) is 4.99. The summed E-state index contributed by atoms with van der Waals surface area (Å²) >= 11 is 0. The SMILES string of the molecule is CC(C)CC(C)CC(=O)Nc1cc(C(=O)O)ccc1F. The van der Waals surface area contributed by atoms with Crippen LogP contribution in [-0.2, 0) is 4.79 Å². The lowest BCUT2D eigenvalue weighted by molar-refractivity contribution is -0.117. The number of anilines is 1. The average Bonchev–Trinajstić information content (AvgIpc) is 2.30. The average molecular weight is 281 g/mol. The standard InChI is InChI=1S/C15H20FNO3/c1-9(2)6-10(3)7-14(18)17-13-8-11(15(19)20)4-5-12(13)16/h4-5,8-10H,6-7H2,1-3H3,(H,17,18)(H,19,20). The van der Waals surface area contributed by atoms with Gasteiger partial charge in [-0.1, -0.05) is 20.8 Å². The van der Waals surface area contributed by atoms with E-state index in [1.54, 1.807) is 0 Å². The van der Waals surface area contributed by atoms with Crippen LogP contribution in [0, 0.1) is 17.7 Å². The van der Waals surface area contributed by atoms with Crippen LogP contribution in [0.3, 0.4) is 0 Å². The second-order valence-electron chi connectivity index (χ2n) is 5.49. The number of aromatic carboxylic acids is 1. The minimum absolute atomic E-state index is 0.0584. The fourth-order valence-electron chi connectivity index (χ4n) is 2.16. The van der Waals surface area contributed by atoms with E-state index in [2.05, 4.69) is 19.2 Å². The molecule has 0 saturated heterocycles. The van der Waals surface area contributed by atoms with Gasteiger partial charge in [-0.05, 0) is 36.5 Å². The van der Waals surface area contributed by atoms with Crippen molar-refractivity contribution in [2.45, 2.75) is 33.6 Å². The van der Waals surface area contributed by atoms with Crippen molar-refractivity contribution in [3.8, 4) is 0 Å². The highest BCUT2D eigenvalue weighted by molar-refractivity contribution is 5.94. The van der Waals surface area contributed by atoms with Crippen LogP contribution >= 0.6 is 0 Å². The minimum Gasteiger partial charge on any atom is -0.478 e. The summed E-state index contributed by atoms with van der Waals surface area (Å²) < 4.78 is 13.5. The molecule has 1 atom stereocenters. The summed E-state index contributed by atoms with van der Waals surface area (Å²) in [6.07, 6.45) is 1.19. The topological polar surface area (TPSA) is 66.4 Å². The van der Waals surface area contributed by atoms with Crippen LogP contribution in [0.1, 0.15) is 44.0 Å². The Balaban J connectivity index is 2.70.